The first kappa shape index (κ1) is 15.6. The number of rotatable bonds is 3. The lowest BCUT2D eigenvalue weighted by atomic mass is 9.92. The number of ether oxygens (including phenoxy) is 3. The van der Waals surface area contributed by atoms with Crippen LogP contribution in [0.15, 0.2) is 12.1 Å². The number of carbonyl (C=O) groups excluding carboxylic acids is 2. The van der Waals surface area contributed by atoms with Crippen LogP contribution in [0.3, 0.4) is 0 Å². The molecule has 1 aromatic rings. The van der Waals surface area contributed by atoms with Crippen molar-refractivity contribution in [3.05, 3.63) is 23.3 Å². The Labute approximate surface area is 135 Å². The van der Waals surface area contributed by atoms with E-state index >= 15 is 0 Å². The maximum Gasteiger partial charge on any atom is 0.306 e. The highest BCUT2D eigenvalue weighted by Crippen LogP contribution is 2.39. The molecule has 2 aliphatic heterocycles. The number of hydrogen-bond donors (Lipinski definition) is 0. The van der Waals surface area contributed by atoms with Crippen LogP contribution in [0.1, 0.15) is 36.9 Å². The van der Waals surface area contributed by atoms with Gasteiger partial charge >= 0.3 is 5.97 Å². The normalized spacial score (nSPS) is 19.0. The SMILES string of the molecule is COC(=O)CCC(=O)N1CCc2cc3c(cc2C1C)OCCO3. The summed E-state index contributed by atoms with van der Waals surface area (Å²) in [6.45, 7) is 3.76. The lowest BCUT2D eigenvalue weighted by molar-refractivity contribution is -0.144. The van der Waals surface area contributed by atoms with Crippen molar-refractivity contribution >= 4 is 11.9 Å². The van der Waals surface area contributed by atoms with Gasteiger partial charge in [0.1, 0.15) is 13.2 Å². The van der Waals surface area contributed by atoms with Crippen LogP contribution < -0.4 is 9.47 Å². The van der Waals surface area contributed by atoms with Crippen LogP contribution in [-0.2, 0) is 20.7 Å². The van der Waals surface area contributed by atoms with E-state index in [0.29, 0.717) is 19.8 Å². The predicted octanol–water partition coefficient (Wildman–Crippen LogP) is 1.86. The molecule has 124 valence electrons. The van der Waals surface area contributed by atoms with Gasteiger partial charge in [0.2, 0.25) is 5.91 Å². The Morgan fingerprint density at radius 2 is 1.91 bits per heavy atom. The van der Waals surface area contributed by atoms with Gasteiger partial charge in [0.05, 0.1) is 19.6 Å². The molecule has 0 fully saturated rings. The van der Waals surface area contributed by atoms with E-state index in [1.165, 1.54) is 12.7 Å². The van der Waals surface area contributed by atoms with Gasteiger partial charge in [-0.25, -0.2) is 0 Å². The van der Waals surface area contributed by atoms with E-state index < -0.39 is 0 Å². The summed E-state index contributed by atoms with van der Waals surface area (Å²) < 4.78 is 15.9. The van der Waals surface area contributed by atoms with Crippen LogP contribution in [0.2, 0.25) is 0 Å². The van der Waals surface area contributed by atoms with E-state index in [0.717, 1.165) is 23.5 Å². The Morgan fingerprint density at radius 1 is 1.22 bits per heavy atom. The fourth-order valence-electron chi connectivity index (χ4n) is 3.15. The van der Waals surface area contributed by atoms with E-state index in [1.807, 2.05) is 24.0 Å². The summed E-state index contributed by atoms with van der Waals surface area (Å²) in [4.78, 5) is 25.4. The van der Waals surface area contributed by atoms with Gasteiger partial charge in [-0.05, 0) is 36.6 Å². The number of amides is 1. The standard InChI is InChI=1S/C17H21NO5/c1-11-13-10-15-14(22-7-8-23-15)9-12(13)5-6-18(11)16(19)3-4-17(20)21-2/h9-11H,3-8H2,1-2H3. The molecular weight excluding hydrogens is 298 g/mol. The molecule has 0 aliphatic carbocycles. The van der Waals surface area contributed by atoms with Gasteiger partial charge in [0.25, 0.3) is 0 Å². The topological polar surface area (TPSA) is 65.1 Å². The van der Waals surface area contributed by atoms with E-state index in [4.69, 9.17) is 9.47 Å². The number of carbonyl (C=O) groups is 2. The number of methoxy groups -OCH3 is 1. The maximum atomic E-state index is 12.4. The van der Waals surface area contributed by atoms with Crippen LogP contribution in [-0.4, -0.2) is 43.6 Å². The van der Waals surface area contributed by atoms with Gasteiger partial charge < -0.3 is 19.1 Å². The number of benzene rings is 1. The molecule has 0 saturated heterocycles. The van der Waals surface area contributed by atoms with Gasteiger partial charge in [0, 0.05) is 13.0 Å². The quantitative estimate of drug-likeness (QED) is 0.796. The fourth-order valence-corrected chi connectivity index (χ4v) is 3.15. The first-order chi connectivity index (χ1) is 11.1. The van der Waals surface area contributed by atoms with E-state index in [9.17, 15) is 9.59 Å². The van der Waals surface area contributed by atoms with Gasteiger partial charge in [-0.2, -0.15) is 0 Å². The summed E-state index contributed by atoms with van der Waals surface area (Å²) in [5, 5.41) is 0. The first-order valence-corrected chi connectivity index (χ1v) is 7.89. The molecule has 1 amide bonds. The number of nitrogens with zero attached hydrogens (tertiary/aromatic N) is 1. The number of esters is 1. The zero-order valence-electron chi connectivity index (χ0n) is 13.5. The first-order valence-electron chi connectivity index (χ1n) is 7.89. The Balaban J connectivity index is 1.76. The molecule has 2 aliphatic rings. The summed E-state index contributed by atoms with van der Waals surface area (Å²) in [6, 6.07) is 3.96. The second-order valence-corrected chi connectivity index (χ2v) is 5.78. The van der Waals surface area contributed by atoms with Gasteiger partial charge in [-0.3, -0.25) is 9.59 Å². The van der Waals surface area contributed by atoms with Crippen molar-refractivity contribution in [3.63, 3.8) is 0 Å². The van der Waals surface area contributed by atoms with Crippen LogP contribution in [0.4, 0.5) is 0 Å². The molecule has 1 atom stereocenters. The number of hydrogen-bond acceptors (Lipinski definition) is 5. The molecule has 0 bridgehead atoms. The molecule has 6 nitrogen and oxygen atoms in total. The Bertz CT molecular complexity index is 628. The minimum atomic E-state index is -0.358. The van der Waals surface area contributed by atoms with E-state index in [-0.39, 0.29) is 30.8 Å². The Kier molecular flexibility index (Phi) is 4.41. The average Bonchev–Trinajstić information content (AvgIpc) is 2.58. The summed E-state index contributed by atoms with van der Waals surface area (Å²) in [7, 11) is 1.33. The lowest BCUT2D eigenvalue weighted by Gasteiger charge is -2.36. The van der Waals surface area contributed by atoms with Crippen LogP contribution in [0.5, 0.6) is 11.5 Å². The van der Waals surface area contributed by atoms with Crippen LogP contribution in [0.25, 0.3) is 0 Å². The smallest absolute Gasteiger partial charge is 0.306 e. The molecule has 0 spiro atoms. The number of fused-ring (bicyclic) bond motifs is 2. The third-order valence-electron chi connectivity index (χ3n) is 4.43. The van der Waals surface area contributed by atoms with Crippen molar-refractivity contribution < 1.29 is 23.8 Å². The second kappa shape index (κ2) is 6.48. The average molecular weight is 319 g/mol. The molecule has 0 aromatic heterocycles. The summed E-state index contributed by atoms with van der Waals surface area (Å²) >= 11 is 0. The molecule has 2 heterocycles. The Morgan fingerprint density at radius 3 is 2.61 bits per heavy atom. The lowest BCUT2D eigenvalue weighted by Crippen LogP contribution is -2.39. The van der Waals surface area contributed by atoms with Crippen LogP contribution >= 0.6 is 0 Å². The van der Waals surface area contributed by atoms with Crippen molar-refractivity contribution in [1.29, 1.82) is 0 Å². The highest BCUT2D eigenvalue weighted by molar-refractivity contribution is 5.82. The monoisotopic (exact) mass is 319 g/mol. The van der Waals surface area contributed by atoms with Crippen molar-refractivity contribution in [2.75, 3.05) is 26.9 Å². The van der Waals surface area contributed by atoms with Crippen LogP contribution in [0, 0.1) is 0 Å². The highest BCUT2D eigenvalue weighted by Gasteiger charge is 2.29. The molecular formula is C17H21NO5. The third-order valence-corrected chi connectivity index (χ3v) is 4.43. The van der Waals surface area contributed by atoms with Gasteiger partial charge in [-0.1, -0.05) is 0 Å². The van der Waals surface area contributed by atoms with E-state index in [1.54, 1.807) is 0 Å². The largest absolute Gasteiger partial charge is 0.486 e. The predicted molar refractivity (Wildman–Crippen MR) is 82.5 cm³/mol. The summed E-state index contributed by atoms with van der Waals surface area (Å²) in [6.07, 6.45) is 1.07. The zero-order valence-corrected chi connectivity index (χ0v) is 13.5. The molecule has 23 heavy (non-hydrogen) atoms. The van der Waals surface area contributed by atoms with Gasteiger partial charge in [-0.15, -0.1) is 0 Å². The molecule has 0 N–H and O–H groups in total. The second-order valence-electron chi connectivity index (χ2n) is 5.78. The van der Waals surface area contributed by atoms with Crippen molar-refractivity contribution in [2.24, 2.45) is 0 Å². The van der Waals surface area contributed by atoms with Crippen molar-refractivity contribution in [2.45, 2.75) is 32.2 Å². The minimum Gasteiger partial charge on any atom is -0.486 e. The molecule has 1 aromatic carbocycles. The van der Waals surface area contributed by atoms with Crippen molar-refractivity contribution in [3.8, 4) is 11.5 Å². The molecule has 0 radical (unpaired) electrons. The third kappa shape index (κ3) is 3.11. The minimum absolute atomic E-state index is 0.0246. The van der Waals surface area contributed by atoms with E-state index in [2.05, 4.69) is 4.74 Å². The maximum absolute atomic E-state index is 12.4. The fraction of sp³-hybridized carbons (Fsp3) is 0.529. The summed E-state index contributed by atoms with van der Waals surface area (Å²) in [5.41, 5.74) is 2.28. The molecule has 0 saturated carbocycles. The summed E-state index contributed by atoms with van der Waals surface area (Å²) in [5.74, 6) is 1.14. The highest BCUT2D eigenvalue weighted by atomic mass is 16.6. The zero-order chi connectivity index (χ0) is 16.4. The Hall–Kier alpha value is -2.24. The molecule has 6 heteroatoms. The molecule has 3 rings (SSSR count). The van der Waals surface area contributed by atoms with Gasteiger partial charge in [0.15, 0.2) is 11.5 Å². The molecule has 1 unspecified atom stereocenters. The van der Waals surface area contributed by atoms with Crippen molar-refractivity contribution in [1.82, 2.24) is 4.90 Å².